The number of hydrogen-bond acceptors (Lipinski definition) is 7. The molecule has 0 aliphatic carbocycles. The van der Waals surface area contributed by atoms with Gasteiger partial charge in [0.05, 0.1) is 19.7 Å². The minimum absolute atomic E-state index is 0. The van der Waals surface area contributed by atoms with Gasteiger partial charge in [0.25, 0.3) is 0 Å². The van der Waals surface area contributed by atoms with E-state index in [2.05, 4.69) is 20.2 Å². The van der Waals surface area contributed by atoms with Gasteiger partial charge in [0, 0.05) is 37.6 Å². The lowest BCUT2D eigenvalue weighted by atomic mass is 10.2. The van der Waals surface area contributed by atoms with E-state index in [1.807, 2.05) is 12.1 Å². The molecular weight excluding hydrogens is 341 g/mol. The number of nitrogen functional groups attached to an aromatic ring is 1. The van der Waals surface area contributed by atoms with Gasteiger partial charge in [0.1, 0.15) is 5.82 Å². The number of nitrogens with one attached hydrogen (secondary N) is 1. The number of hydrogen-bond donors (Lipinski definition) is 2. The standard InChI is InChI=1S/C14H19N5O2.2ClH/c1-20-11-7-9-10(8-12(11)21-2)17-14(18-13(9)15)19-5-3-16-4-6-19;;/h7-8,16H,3-6H2,1-2H3,(H2,15,17,18);2*1H. The molecule has 0 atom stereocenters. The molecule has 0 saturated carbocycles. The Balaban J connectivity index is 0.00000132. The normalized spacial score (nSPS) is 13.9. The van der Waals surface area contributed by atoms with Crippen molar-refractivity contribution in [3.8, 4) is 11.5 Å². The lowest BCUT2D eigenvalue weighted by Crippen LogP contribution is -2.44. The molecule has 9 heteroatoms. The van der Waals surface area contributed by atoms with Gasteiger partial charge in [-0.05, 0) is 6.07 Å². The lowest BCUT2D eigenvalue weighted by Gasteiger charge is -2.27. The van der Waals surface area contributed by atoms with Gasteiger partial charge in [-0.3, -0.25) is 0 Å². The van der Waals surface area contributed by atoms with E-state index in [9.17, 15) is 0 Å². The van der Waals surface area contributed by atoms with Gasteiger partial charge in [-0.15, -0.1) is 24.8 Å². The maximum atomic E-state index is 6.09. The molecule has 1 fully saturated rings. The van der Waals surface area contributed by atoms with Crippen molar-refractivity contribution in [1.29, 1.82) is 0 Å². The summed E-state index contributed by atoms with van der Waals surface area (Å²) in [7, 11) is 3.20. The Bertz CT molecular complexity index is 665. The van der Waals surface area contributed by atoms with Gasteiger partial charge in [-0.25, -0.2) is 4.98 Å². The molecule has 128 valence electrons. The molecule has 1 aromatic heterocycles. The predicted molar refractivity (Wildman–Crippen MR) is 96.6 cm³/mol. The summed E-state index contributed by atoms with van der Waals surface area (Å²) < 4.78 is 10.6. The molecule has 0 spiro atoms. The molecule has 0 unspecified atom stereocenters. The average molecular weight is 362 g/mol. The van der Waals surface area contributed by atoms with E-state index in [1.165, 1.54) is 0 Å². The molecule has 1 aliphatic heterocycles. The quantitative estimate of drug-likeness (QED) is 0.856. The molecule has 1 saturated heterocycles. The summed E-state index contributed by atoms with van der Waals surface area (Å²) in [5.74, 6) is 2.37. The van der Waals surface area contributed by atoms with Crippen LogP contribution in [0.1, 0.15) is 0 Å². The van der Waals surface area contributed by atoms with Crippen molar-refractivity contribution in [2.45, 2.75) is 0 Å². The maximum Gasteiger partial charge on any atom is 0.227 e. The number of rotatable bonds is 3. The Kier molecular flexibility index (Phi) is 6.93. The van der Waals surface area contributed by atoms with Crippen molar-refractivity contribution in [3.63, 3.8) is 0 Å². The molecule has 2 heterocycles. The van der Waals surface area contributed by atoms with Crippen LogP contribution < -0.4 is 25.4 Å². The topological polar surface area (TPSA) is 85.5 Å². The van der Waals surface area contributed by atoms with Crippen LogP contribution in [0.3, 0.4) is 0 Å². The predicted octanol–water partition coefficient (Wildman–Crippen LogP) is 1.48. The Morgan fingerprint density at radius 1 is 1.04 bits per heavy atom. The maximum absolute atomic E-state index is 6.09. The first kappa shape index (κ1) is 19.3. The van der Waals surface area contributed by atoms with E-state index < -0.39 is 0 Å². The first-order chi connectivity index (χ1) is 10.2. The molecule has 0 radical (unpaired) electrons. The molecule has 2 aromatic rings. The molecular formula is C14H21Cl2N5O2. The SMILES string of the molecule is COc1cc2nc(N3CCNCC3)nc(N)c2cc1OC.Cl.Cl. The number of ether oxygens (including phenoxy) is 2. The highest BCUT2D eigenvalue weighted by atomic mass is 35.5. The monoisotopic (exact) mass is 361 g/mol. The third kappa shape index (κ3) is 3.80. The number of piperazine rings is 1. The van der Waals surface area contributed by atoms with Crippen molar-refractivity contribution < 1.29 is 9.47 Å². The van der Waals surface area contributed by atoms with Crippen molar-refractivity contribution in [3.05, 3.63) is 12.1 Å². The van der Waals surface area contributed by atoms with Crippen LogP contribution in [0.5, 0.6) is 11.5 Å². The summed E-state index contributed by atoms with van der Waals surface area (Å²) in [6, 6.07) is 3.64. The number of methoxy groups -OCH3 is 2. The average Bonchev–Trinajstić information content (AvgIpc) is 2.54. The Morgan fingerprint density at radius 2 is 1.65 bits per heavy atom. The van der Waals surface area contributed by atoms with E-state index in [0.717, 1.165) is 37.1 Å². The first-order valence-corrected chi connectivity index (χ1v) is 6.88. The minimum atomic E-state index is 0. The largest absolute Gasteiger partial charge is 0.493 e. The molecule has 3 N–H and O–H groups in total. The molecule has 0 amide bonds. The fourth-order valence-electron chi connectivity index (χ4n) is 2.47. The summed E-state index contributed by atoms with van der Waals surface area (Å²) in [5.41, 5.74) is 6.85. The zero-order chi connectivity index (χ0) is 14.8. The van der Waals surface area contributed by atoms with Gasteiger partial charge in [0.15, 0.2) is 11.5 Å². The highest BCUT2D eigenvalue weighted by molar-refractivity contribution is 5.91. The van der Waals surface area contributed by atoms with Crippen LogP contribution >= 0.6 is 24.8 Å². The summed E-state index contributed by atoms with van der Waals surface area (Å²) in [6.45, 7) is 3.59. The van der Waals surface area contributed by atoms with Crippen LogP contribution in [0.2, 0.25) is 0 Å². The number of aromatic nitrogens is 2. The van der Waals surface area contributed by atoms with E-state index in [4.69, 9.17) is 15.2 Å². The second kappa shape index (κ2) is 8.24. The Morgan fingerprint density at radius 3 is 2.26 bits per heavy atom. The van der Waals surface area contributed by atoms with Crippen molar-refractivity contribution in [2.75, 3.05) is 51.0 Å². The lowest BCUT2D eigenvalue weighted by molar-refractivity contribution is 0.356. The fraction of sp³-hybridized carbons (Fsp3) is 0.429. The van der Waals surface area contributed by atoms with Crippen LogP contribution in [-0.4, -0.2) is 50.4 Å². The van der Waals surface area contributed by atoms with Crippen molar-refractivity contribution >= 4 is 47.5 Å². The molecule has 7 nitrogen and oxygen atoms in total. The summed E-state index contributed by atoms with van der Waals surface area (Å²) >= 11 is 0. The molecule has 3 rings (SSSR count). The second-order valence-electron chi connectivity index (χ2n) is 4.87. The third-order valence-corrected chi connectivity index (χ3v) is 3.62. The molecule has 1 aliphatic rings. The Hall–Kier alpha value is -1.70. The second-order valence-corrected chi connectivity index (χ2v) is 4.87. The van der Waals surface area contributed by atoms with E-state index in [1.54, 1.807) is 14.2 Å². The van der Waals surface area contributed by atoms with Crippen LogP contribution in [0.15, 0.2) is 12.1 Å². The van der Waals surface area contributed by atoms with Gasteiger partial charge in [-0.1, -0.05) is 0 Å². The zero-order valence-electron chi connectivity index (χ0n) is 13.0. The number of nitrogens with zero attached hydrogens (tertiary/aromatic N) is 3. The van der Waals surface area contributed by atoms with E-state index >= 15 is 0 Å². The van der Waals surface area contributed by atoms with Crippen LogP contribution in [0, 0.1) is 0 Å². The zero-order valence-corrected chi connectivity index (χ0v) is 14.7. The van der Waals surface area contributed by atoms with Crippen molar-refractivity contribution in [2.24, 2.45) is 0 Å². The number of halogens is 2. The van der Waals surface area contributed by atoms with Crippen LogP contribution in [-0.2, 0) is 0 Å². The highest BCUT2D eigenvalue weighted by Gasteiger charge is 2.16. The highest BCUT2D eigenvalue weighted by Crippen LogP contribution is 2.34. The first-order valence-electron chi connectivity index (χ1n) is 6.88. The third-order valence-electron chi connectivity index (χ3n) is 3.62. The number of benzene rings is 1. The Labute approximate surface area is 147 Å². The van der Waals surface area contributed by atoms with Crippen LogP contribution in [0.4, 0.5) is 11.8 Å². The van der Waals surface area contributed by atoms with Gasteiger partial charge >= 0.3 is 0 Å². The van der Waals surface area contributed by atoms with Crippen molar-refractivity contribution in [1.82, 2.24) is 15.3 Å². The van der Waals surface area contributed by atoms with Crippen LogP contribution in [0.25, 0.3) is 10.9 Å². The number of anilines is 2. The molecule has 1 aromatic carbocycles. The molecule has 23 heavy (non-hydrogen) atoms. The molecule has 0 bridgehead atoms. The fourth-order valence-corrected chi connectivity index (χ4v) is 2.47. The van der Waals surface area contributed by atoms with E-state index in [-0.39, 0.29) is 24.8 Å². The van der Waals surface area contributed by atoms with Gasteiger partial charge in [-0.2, -0.15) is 4.98 Å². The summed E-state index contributed by atoms with van der Waals surface area (Å²) in [6.07, 6.45) is 0. The summed E-state index contributed by atoms with van der Waals surface area (Å²) in [4.78, 5) is 11.2. The summed E-state index contributed by atoms with van der Waals surface area (Å²) in [5, 5.41) is 4.07. The number of nitrogens with two attached hydrogens (primary N) is 1. The number of fused-ring (bicyclic) bond motifs is 1. The van der Waals surface area contributed by atoms with E-state index in [0.29, 0.717) is 23.3 Å². The minimum Gasteiger partial charge on any atom is -0.493 e. The van der Waals surface area contributed by atoms with Gasteiger partial charge in [0.2, 0.25) is 5.95 Å². The smallest absolute Gasteiger partial charge is 0.227 e. The van der Waals surface area contributed by atoms with Gasteiger partial charge < -0.3 is 25.4 Å².